The van der Waals surface area contributed by atoms with Gasteiger partial charge in [-0.2, -0.15) is 0 Å². The molecule has 0 saturated carbocycles. The van der Waals surface area contributed by atoms with E-state index in [2.05, 4.69) is 20.9 Å². The highest BCUT2D eigenvalue weighted by atomic mass is 79.9. The monoisotopic (exact) mass is 238 g/mol. The fourth-order valence-corrected chi connectivity index (χ4v) is 1.01. The summed E-state index contributed by atoms with van der Waals surface area (Å²) in [5.41, 5.74) is 6.44. The number of halogens is 1. The molecule has 3 heteroatoms. The zero-order chi connectivity index (χ0) is 9.52. The van der Waals surface area contributed by atoms with Crippen LogP contribution < -0.4 is 5.73 Å². The number of benzene rings is 1. The first-order valence-corrected chi connectivity index (χ1v) is 4.73. The van der Waals surface area contributed by atoms with Crippen molar-refractivity contribution in [1.82, 2.24) is 0 Å². The van der Waals surface area contributed by atoms with Gasteiger partial charge in [-0.3, -0.25) is 4.99 Å². The standard InChI is InChI=1S/C10H11BrN2/c11-10(6-12)8-13-7-9-4-2-1-3-5-9/h1-6,8H,7,12H2/b10-6+,13-8?. The molecular weight excluding hydrogens is 228 g/mol. The second-order valence-electron chi connectivity index (χ2n) is 2.51. The topological polar surface area (TPSA) is 38.4 Å². The summed E-state index contributed by atoms with van der Waals surface area (Å²) in [6.07, 6.45) is 3.17. The van der Waals surface area contributed by atoms with Gasteiger partial charge >= 0.3 is 0 Å². The number of aliphatic imine (C=N–C) groups is 1. The number of allylic oxidation sites excluding steroid dienone is 1. The highest BCUT2D eigenvalue weighted by Gasteiger charge is 1.86. The van der Waals surface area contributed by atoms with Crippen LogP contribution in [0.2, 0.25) is 0 Å². The van der Waals surface area contributed by atoms with Gasteiger partial charge in [-0.25, -0.2) is 0 Å². The van der Waals surface area contributed by atoms with Gasteiger partial charge in [-0.15, -0.1) is 0 Å². The Hall–Kier alpha value is -1.09. The zero-order valence-electron chi connectivity index (χ0n) is 7.15. The Balaban J connectivity index is 2.48. The lowest BCUT2D eigenvalue weighted by atomic mass is 10.2. The average molecular weight is 239 g/mol. The second kappa shape index (κ2) is 5.54. The normalized spacial score (nSPS) is 12.2. The van der Waals surface area contributed by atoms with Crippen LogP contribution in [0.1, 0.15) is 5.56 Å². The molecule has 2 nitrogen and oxygen atoms in total. The summed E-state index contributed by atoms with van der Waals surface area (Å²) in [4.78, 5) is 4.19. The molecule has 68 valence electrons. The first-order chi connectivity index (χ1) is 6.33. The molecule has 0 aromatic heterocycles. The quantitative estimate of drug-likeness (QED) is 0.808. The van der Waals surface area contributed by atoms with Crippen LogP contribution in [-0.2, 0) is 6.54 Å². The predicted molar refractivity (Wildman–Crippen MR) is 59.8 cm³/mol. The fraction of sp³-hybridized carbons (Fsp3) is 0.100. The minimum absolute atomic E-state index is 0.684. The fourth-order valence-electron chi connectivity index (χ4n) is 0.865. The molecule has 0 bridgehead atoms. The maximum atomic E-state index is 5.25. The largest absolute Gasteiger partial charge is 0.404 e. The highest BCUT2D eigenvalue weighted by Crippen LogP contribution is 2.02. The summed E-state index contributed by atoms with van der Waals surface area (Å²) in [5, 5.41) is 0. The Morgan fingerprint density at radius 2 is 2.08 bits per heavy atom. The van der Waals surface area contributed by atoms with Crippen molar-refractivity contribution in [3.05, 3.63) is 46.6 Å². The van der Waals surface area contributed by atoms with E-state index in [4.69, 9.17) is 5.73 Å². The lowest BCUT2D eigenvalue weighted by molar-refractivity contribution is 1.08. The van der Waals surface area contributed by atoms with Crippen LogP contribution in [0, 0.1) is 0 Å². The van der Waals surface area contributed by atoms with Crippen molar-refractivity contribution >= 4 is 22.1 Å². The third-order valence-corrected chi connectivity index (χ3v) is 1.96. The number of rotatable bonds is 3. The maximum absolute atomic E-state index is 5.25. The molecule has 0 radical (unpaired) electrons. The smallest absolute Gasteiger partial charge is 0.0640 e. The number of hydrogen-bond donors (Lipinski definition) is 1. The molecule has 0 aliphatic rings. The zero-order valence-corrected chi connectivity index (χ0v) is 8.74. The minimum atomic E-state index is 0.684. The Morgan fingerprint density at radius 1 is 1.38 bits per heavy atom. The van der Waals surface area contributed by atoms with Crippen molar-refractivity contribution in [2.75, 3.05) is 0 Å². The molecule has 0 atom stereocenters. The summed E-state index contributed by atoms with van der Waals surface area (Å²) in [5.74, 6) is 0. The number of hydrogen-bond acceptors (Lipinski definition) is 2. The van der Waals surface area contributed by atoms with Crippen LogP contribution in [0.4, 0.5) is 0 Å². The summed E-state index contributed by atoms with van der Waals surface area (Å²) < 4.78 is 0.795. The van der Waals surface area contributed by atoms with E-state index in [1.54, 1.807) is 6.21 Å². The summed E-state index contributed by atoms with van der Waals surface area (Å²) in [6.45, 7) is 0.684. The van der Waals surface area contributed by atoms with Crippen LogP contribution >= 0.6 is 15.9 Å². The number of nitrogens with zero attached hydrogens (tertiary/aromatic N) is 1. The van der Waals surface area contributed by atoms with Crippen molar-refractivity contribution in [3.63, 3.8) is 0 Å². The van der Waals surface area contributed by atoms with E-state index in [0.29, 0.717) is 6.54 Å². The van der Waals surface area contributed by atoms with Gasteiger partial charge in [0.15, 0.2) is 0 Å². The van der Waals surface area contributed by atoms with E-state index in [9.17, 15) is 0 Å². The first kappa shape index (κ1) is 9.99. The Labute approximate surface area is 86.3 Å². The van der Waals surface area contributed by atoms with Crippen molar-refractivity contribution in [2.45, 2.75) is 6.54 Å². The lowest BCUT2D eigenvalue weighted by Gasteiger charge is -1.93. The molecule has 0 aliphatic heterocycles. The van der Waals surface area contributed by atoms with Crippen LogP contribution in [0.5, 0.6) is 0 Å². The van der Waals surface area contributed by atoms with Crippen molar-refractivity contribution in [2.24, 2.45) is 10.7 Å². The van der Waals surface area contributed by atoms with Crippen LogP contribution in [0.15, 0.2) is 46.0 Å². The molecule has 13 heavy (non-hydrogen) atoms. The molecule has 0 heterocycles. The van der Waals surface area contributed by atoms with Crippen molar-refractivity contribution in [1.29, 1.82) is 0 Å². The third-order valence-electron chi connectivity index (χ3n) is 1.49. The van der Waals surface area contributed by atoms with E-state index in [1.807, 2.05) is 30.3 Å². The Bertz CT molecular complexity index is 304. The Kier molecular flexibility index (Phi) is 4.26. The second-order valence-corrected chi connectivity index (χ2v) is 3.42. The van der Waals surface area contributed by atoms with Crippen LogP contribution in [0.25, 0.3) is 0 Å². The maximum Gasteiger partial charge on any atom is 0.0640 e. The van der Waals surface area contributed by atoms with E-state index < -0.39 is 0 Å². The van der Waals surface area contributed by atoms with Gasteiger partial charge in [-0.1, -0.05) is 30.3 Å². The molecule has 0 fully saturated rings. The molecule has 0 unspecified atom stereocenters. The molecule has 2 N–H and O–H groups in total. The summed E-state index contributed by atoms with van der Waals surface area (Å²) >= 11 is 3.24. The number of nitrogens with two attached hydrogens (primary N) is 1. The van der Waals surface area contributed by atoms with Gasteiger partial charge in [0.1, 0.15) is 0 Å². The third kappa shape index (κ3) is 3.90. The van der Waals surface area contributed by atoms with Crippen LogP contribution in [0.3, 0.4) is 0 Å². The Morgan fingerprint density at radius 3 is 2.69 bits per heavy atom. The lowest BCUT2D eigenvalue weighted by Crippen LogP contribution is -1.84. The molecule has 1 aromatic rings. The van der Waals surface area contributed by atoms with Gasteiger partial charge in [-0.05, 0) is 21.5 Å². The molecule has 1 rings (SSSR count). The first-order valence-electron chi connectivity index (χ1n) is 3.94. The molecule has 0 amide bonds. The highest BCUT2D eigenvalue weighted by molar-refractivity contribution is 9.12. The molecular formula is C10H11BrN2. The van der Waals surface area contributed by atoms with Crippen molar-refractivity contribution in [3.8, 4) is 0 Å². The van der Waals surface area contributed by atoms with E-state index in [0.717, 1.165) is 4.48 Å². The van der Waals surface area contributed by atoms with Gasteiger partial charge in [0, 0.05) is 12.4 Å². The van der Waals surface area contributed by atoms with E-state index in [1.165, 1.54) is 11.8 Å². The van der Waals surface area contributed by atoms with Gasteiger partial charge in [0.25, 0.3) is 0 Å². The summed E-state index contributed by atoms with van der Waals surface area (Å²) in [7, 11) is 0. The van der Waals surface area contributed by atoms with E-state index >= 15 is 0 Å². The summed E-state index contributed by atoms with van der Waals surface area (Å²) in [6, 6.07) is 10.1. The van der Waals surface area contributed by atoms with Gasteiger partial charge < -0.3 is 5.73 Å². The molecule has 0 spiro atoms. The minimum Gasteiger partial charge on any atom is -0.404 e. The SMILES string of the molecule is N/C=C(/Br)C=NCc1ccccc1. The average Bonchev–Trinajstić information content (AvgIpc) is 2.19. The van der Waals surface area contributed by atoms with Gasteiger partial charge in [0.2, 0.25) is 0 Å². The molecule has 0 aliphatic carbocycles. The van der Waals surface area contributed by atoms with Crippen LogP contribution in [-0.4, -0.2) is 6.21 Å². The van der Waals surface area contributed by atoms with E-state index in [-0.39, 0.29) is 0 Å². The molecule has 0 saturated heterocycles. The van der Waals surface area contributed by atoms with Crippen molar-refractivity contribution < 1.29 is 0 Å². The predicted octanol–water partition coefficient (Wildman–Crippen LogP) is 2.45. The molecule has 1 aromatic carbocycles. The van der Waals surface area contributed by atoms with Gasteiger partial charge in [0.05, 0.1) is 11.0 Å².